The summed E-state index contributed by atoms with van der Waals surface area (Å²) >= 11 is 5.61. The van der Waals surface area contributed by atoms with Crippen molar-refractivity contribution in [1.82, 2.24) is 20.0 Å². The number of halogens is 1. The molecule has 1 aromatic rings. The number of rotatable bonds is 3. The van der Waals surface area contributed by atoms with E-state index in [0.717, 1.165) is 0 Å². The van der Waals surface area contributed by atoms with Crippen LogP contribution in [0.4, 0.5) is 0 Å². The van der Waals surface area contributed by atoms with Gasteiger partial charge in [-0.3, -0.25) is 14.5 Å². The third-order valence-electron chi connectivity index (χ3n) is 2.87. The molecule has 1 N–H and O–H groups in total. The number of nitrogens with zero attached hydrogens (tertiary/aromatic N) is 4. The Morgan fingerprint density at radius 1 is 1.21 bits per heavy atom. The van der Waals surface area contributed by atoms with Gasteiger partial charge in [-0.05, 0) is 12.1 Å². The molecule has 0 unspecified atom stereocenters. The Morgan fingerprint density at radius 3 is 2.42 bits per heavy atom. The van der Waals surface area contributed by atoms with Gasteiger partial charge in [-0.1, -0.05) is 11.6 Å². The Morgan fingerprint density at radius 2 is 1.89 bits per heavy atom. The number of carboxylic acids is 1. The largest absolute Gasteiger partial charge is 0.480 e. The molecule has 1 aromatic heterocycles. The quantitative estimate of drug-likeness (QED) is 0.839. The summed E-state index contributed by atoms with van der Waals surface area (Å²) in [5.41, 5.74) is 0.246. The highest BCUT2D eigenvalue weighted by Crippen LogP contribution is 2.08. The molecule has 7 nitrogen and oxygen atoms in total. The standard InChI is InChI=1S/C11H13ClN4O3/c12-9-2-1-8(13-14-9)11(19)16-5-3-15(4-6-16)7-10(17)18/h1-2H,3-7H2,(H,17,18). The highest BCUT2D eigenvalue weighted by Gasteiger charge is 2.23. The Labute approximate surface area is 114 Å². The second-order valence-corrected chi connectivity index (χ2v) is 4.59. The van der Waals surface area contributed by atoms with E-state index in [9.17, 15) is 9.59 Å². The van der Waals surface area contributed by atoms with Crippen LogP contribution in [-0.2, 0) is 4.79 Å². The minimum atomic E-state index is -0.858. The van der Waals surface area contributed by atoms with Crippen molar-refractivity contribution in [3.63, 3.8) is 0 Å². The summed E-state index contributed by atoms with van der Waals surface area (Å²) < 4.78 is 0. The first-order chi connectivity index (χ1) is 9.06. The van der Waals surface area contributed by atoms with Crippen molar-refractivity contribution in [2.45, 2.75) is 0 Å². The molecule has 0 spiro atoms. The maximum Gasteiger partial charge on any atom is 0.317 e. The van der Waals surface area contributed by atoms with Crippen molar-refractivity contribution in [3.05, 3.63) is 23.0 Å². The van der Waals surface area contributed by atoms with E-state index in [1.165, 1.54) is 12.1 Å². The fourth-order valence-electron chi connectivity index (χ4n) is 1.89. The molecular formula is C11H13ClN4O3. The Balaban J connectivity index is 1.92. The lowest BCUT2D eigenvalue weighted by molar-refractivity contribution is -0.138. The topological polar surface area (TPSA) is 86.6 Å². The molecule has 1 amide bonds. The third-order valence-corrected chi connectivity index (χ3v) is 3.07. The first-order valence-electron chi connectivity index (χ1n) is 5.79. The van der Waals surface area contributed by atoms with Crippen LogP contribution in [0.1, 0.15) is 10.5 Å². The summed E-state index contributed by atoms with van der Waals surface area (Å²) in [5, 5.41) is 16.3. The minimum Gasteiger partial charge on any atom is -0.480 e. The van der Waals surface area contributed by atoms with E-state index in [1.807, 2.05) is 0 Å². The van der Waals surface area contributed by atoms with Crippen molar-refractivity contribution in [2.24, 2.45) is 0 Å². The van der Waals surface area contributed by atoms with Gasteiger partial charge in [0.15, 0.2) is 10.8 Å². The Kier molecular flexibility index (Phi) is 4.28. The highest BCUT2D eigenvalue weighted by atomic mass is 35.5. The number of hydrogen-bond donors (Lipinski definition) is 1. The number of aromatic nitrogens is 2. The third kappa shape index (κ3) is 3.62. The smallest absolute Gasteiger partial charge is 0.317 e. The lowest BCUT2D eigenvalue weighted by Gasteiger charge is -2.33. The van der Waals surface area contributed by atoms with Gasteiger partial charge in [0.2, 0.25) is 0 Å². The zero-order valence-corrected chi connectivity index (χ0v) is 10.9. The number of aliphatic carboxylic acids is 1. The van der Waals surface area contributed by atoms with E-state index in [1.54, 1.807) is 9.80 Å². The van der Waals surface area contributed by atoms with Crippen molar-refractivity contribution >= 4 is 23.5 Å². The molecule has 19 heavy (non-hydrogen) atoms. The van der Waals surface area contributed by atoms with E-state index in [4.69, 9.17) is 16.7 Å². The molecule has 1 fully saturated rings. The number of hydrogen-bond acceptors (Lipinski definition) is 5. The molecular weight excluding hydrogens is 272 g/mol. The average molecular weight is 285 g/mol. The van der Waals surface area contributed by atoms with Crippen LogP contribution in [0.25, 0.3) is 0 Å². The number of carbonyl (C=O) groups is 2. The normalized spacial score (nSPS) is 16.4. The molecule has 2 rings (SSSR count). The summed E-state index contributed by atoms with van der Waals surface area (Å²) in [7, 11) is 0. The van der Waals surface area contributed by atoms with E-state index in [0.29, 0.717) is 26.2 Å². The maximum absolute atomic E-state index is 12.1. The van der Waals surface area contributed by atoms with Crippen LogP contribution in [0.3, 0.4) is 0 Å². The molecule has 0 aliphatic carbocycles. The zero-order chi connectivity index (χ0) is 13.8. The molecule has 8 heteroatoms. The molecule has 1 aliphatic rings. The molecule has 1 saturated heterocycles. The summed E-state index contributed by atoms with van der Waals surface area (Å²) in [6.07, 6.45) is 0. The second kappa shape index (κ2) is 5.94. The predicted octanol–water partition coefficient (Wildman–Crippen LogP) is -0.0276. The predicted molar refractivity (Wildman–Crippen MR) is 67.0 cm³/mol. The van der Waals surface area contributed by atoms with Gasteiger partial charge < -0.3 is 10.0 Å². The molecule has 0 bridgehead atoms. The summed E-state index contributed by atoms with van der Waals surface area (Å²) in [6, 6.07) is 3.05. The number of piperazine rings is 1. The van der Waals surface area contributed by atoms with Gasteiger partial charge in [-0.25, -0.2) is 0 Å². The molecule has 102 valence electrons. The molecule has 1 aliphatic heterocycles. The van der Waals surface area contributed by atoms with E-state index >= 15 is 0 Å². The first-order valence-corrected chi connectivity index (χ1v) is 6.16. The van der Waals surface area contributed by atoms with E-state index < -0.39 is 5.97 Å². The monoisotopic (exact) mass is 284 g/mol. The number of carboxylic acid groups (broad SMARTS) is 1. The Hall–Kier alpha value is -1.73. The van der Waals surface area contributed by atoms with Crippen LogP contribution >= 0.6 is 11.6 Å². The summed E-state index contributed by atoms with van der Waals surface area (Å²) in [4.78, 5) is 26.1. The van der Waals surface area contributed by atoms with Gasteiger partial charge in [-0.2, -0.15) is 0 Å². The van der Waals surface area contributed by atoms with E-state index in [2.05, 4.69) is 10.2 Å². The van der Waals surface area contributed by atoms with Crippen molar-refractivity contribution in [1.29, 1.82) is 0 Å². The lowest BCUT2D eigenvalue weighted by atomic mass is 10.2. The first kappa shape index (κ1) is 13.7. The van der Waals surface area contributed by atoms with Gasteiger partial charge in [0.05, 0.1) is 6.54 Å². The molecule has 0 aromatic carbocycles. The number of carbonyl (C=O) groups excluding carboxylic acids is 1. The van der Waals surface area contributed by atoms with Crippen LogP contribution in [0.2, 0.25) is 5.15 Å². The Bertz CT molecular complexity index is 471. The van der Waals surface area contributed by atoms with Crippen molar-refractivity contribution in [2.75, 3.05) is 32.7 Å². The van der Waals surface area contributed by atoms with Gasteiger partial charge in [-0.15, -0.1) is 10.2 Å². The highest BCUT2D eigenvalue weighted by molar-refractivity contribution is 6.29. The van der Waals surface area contributed by atoms with Crippen molar-refractivity contribution in [3.8, 4) is 0 Å². The molecule has 0 radical (unpaired) electrons. The fraction of sp³-hybridized carbons (Fsp3) is 0.455. The van der Waals surface area contributed by atoms with E-state index in [-0.39, 0.29) is 23.3 Å². The van der Waals surface area contributed by atoms with Crippen LogP contribution in [0.15, 0.2) is 12.1 Å². The average Bonchev–Trinajstić information content (AvgIpc) is 2.39. The van der Waals surface area contributed by atoms with Gasteiger partial charge in [0.25, 0.3) is 5.91 Å². The van der Waals surface area contributed by atoms with Gasteiger partial charge in [0, 0.05) is 26.2 Å². The van der Waals surface area contributed by atoms with Crippen LogP contribution < -0.4 is 0 Å². The van der Waals surface area contributed by atoms with Crippen LogP contribution in [0.5, 0.6) is 0 Å². The van der Waals surface area contributed by atoms with Crippen LogP contribution in [-0.4, -0.2) is 69.7 Å². The minimum absolute atomic E-state index is 0.00276. The SMILES string of the molecule is O=C(O)CN1CCN(C(=O)c2ccc(Cl)nn2)CC1. The molecule has 2 heterocycles. The van der Waals surface area contributed by atoms with Crippen molar-refractivity contribution < 1.29 is 14.7 Å². The van der Waals surface area contributed by atoms with Gasteiger partial charge >= 0.3 is 5.97 Å². The fourth-order valence-corrected chi connectivity index (χ4v) is 1.99. The zero-order valence-electron chi connectivity index (χ0n) is 10.1. The summed E-state index contributed by atoms with van der Waals surface area (Å²) in [5.74, 6) is -1.07. The number of amides is 1. The second-order valence-electron chi connectivity index (χ2n) is 4.20. The molecule has 0 saturated carbocycles. The van der Waals surface area contributed by atoms with Crippen LogP contribution in [0, 0.1) is 0 Å². The lowest BCUT2D eigenvalue weighted by Crippen LogP contribution is -2.50. The summed E-state index contributed by atoms with van der Waals surface area (Å²) in [6.45, 7) is 2.05. The maximum atomic E-state index is 12.1. The molecule has 0 atom stereocenters. The van der Waals surface area contributed by atoms with Gasteiger partial charge in [0.1, 0.15) is 0 Å².